The lowest BCUT2D eigenvalue weighted by atomic mass is 10.2. The van der Waals surface area contributed by atoms with Crippen molar-refractivity contribution in [3.05, 3.63) is 52.4 Å². The third kappa shape index (κ3) is 3.62. The van der Waals surface area contributed by atoms with E-state index >= 15 is 0 Å². The smallest absolute Gasteiger partial charge is 0.271 e. The van der Waals surface area contributed by atoms with Gasteiger partial charge in [-0.2, -0.15) is 0 Å². The Morgan fingerprint density at radius 2 is 1.87 bits per heavy atom. The molecule has 0 saturated heterocycles. The number of aryl methyl sites for hydroxylation is 2. The van der Waals surface area contributed by atoms with Gasteiger partial charge >= 0.3 is 0 Å². The van der Waals surface area contributed by atoms with E-state index < -0.39 is 15.9 Å². The molecule has 0 radical (unpaired) electrons. The second-order valence-electron chi connectivity index (χ2n) is 4.85. The molecule has 0 spiro atoms. The summed E-state index contributed by atoms with van der Waals surface area (Å²) in [4.78, 5) is 12.0. The largest absolute Gasteiger partial charge is 0.360 e. The minimum atomic E-state index is -4.01. The monoisotopic (exact) mass is 354 g/mol. The Hall–Kier alpha value is -2.12. The van der Waals surface area contributed by atoms with Crippen LogP contribution in [0.25, 0.3) is 6.08 Å². The molecule has 0 saturated carbocycles. The van der Waals surface area contributed by atoms with Crippen molar-refractivity contribution in [2.75, 3.05) is 7.05 Å². The van der Waals surface area contributed by atoms with Crippen molar-refractivity contribution in [2.45, 2.75) is 18.7 Å². The van der Waals surface area contributed by atoms with Gasteiger partial charge in [0.2, 0.25) is 0 Å². The van der Waals surface area contributed by atoms with Crippen LogP contribution in [-0.4, -0.2) is 30.8 Å². The lowest BCUT2D eigenvalue weighted by Crippen LogP contribution is -2.32. The maximum atomic E-state index is 12.5. The average molecular weight is 355 g/mol. The van der Waals surface area contributed by atoms with Gasteiger partial charge in [-0.1, -0.05) is 28.9 Å². The number of sulfonamides is 1. The first kappa shape index (κ1) is 17.2. The molecule has 0 fully saturated rings. The second kappa shape index (κ2) is 6.55. The van der Waals surface area contributed by atoms with Crippen molar-refractivity contribution in [1.82, 2.24) is 9.46 Å². The van der Waals surface area contributed by atoms with Gasteiger partial charge in [-0.3, -0.25) is 4.79 Å². The molecule has 0 unspecified atom stereocenters. The normalized spacial score (nSPS) is 11.8. The fraction of sp³-hybridized carbons (Fsp3) is 0.200. The number of hydrogen-bond donors (Lipinski definition) is 0. The Kier molecular flexibility index (Phi) is 4.91. The van der Waals surface area contributed by atoms with Crippen LogP contribution in [0.1, 0.15) is 17.0 Å². The highest BCUT2D eigenvalue weighted by Crippen LogP contribution is 2.22. The first-order chi connectivity index (χ1) is 10.7. The molecule has 1 heterocycles. The van der Waals surface area contributed by atoms with E-state index in [1.165, 1.54) is 33.0 Å². The van der Waals surface area contributed by atoms with Crippen LogP contribution < -0.4 is 0 Å². The Balaban J connectivity index is 2.24. The molecule has 0 bridgehead atoms. The van der Waals surface area contributed by atoms with Crippen molar-refractivity contribution in [3.8, 4) is 0 Å². The van der Waals surface area contributed by atoms with Crippen LogP contribution in [-0.2, 0) is 14.8 Å². The van der Waals surface area contributed by atoms with E-state index in [2.05, 4.69) is 5.16 Å². The van der Waals surface area contributed by atoms with Gasteiger partial charge in [-0.05, 0) is 37.6 Å². The van der Waals surface area contributed by atoms with Gasteiger partial charge in [-0.25, -0.2) is 12.7 Å². The summed E-state index contributed by atoms with van der Waals surface area (Å²) in [5.74, 6) is -0.538. The number of amides is 1. The summed E-state index contributed by atoms with van der Waals surface area (Å²) in [7, 11) is -2.82. The summed E-state index contributed by atoms with van der Waals surface area (Å²) >= 11 is 5.78. The zero-order valence-electron chi connectivity index (χ0n) is 12.8. The van der Waals surface area contributed by atoms with E-state index in [0.29, 0.717) is 9.33 Å². The first-order valence-corrected chi connectivity index (χ1v) is 8.44. The van der Waals surface area contributed by atoms with E-state index in [1.807, 2.05) is 0 Å². The van der Waals surface area contributed by atoms with Gasteiger partial charge < -0.3 is 4.52 Å². The molecule has 6 nitrogen and oxygen atoms in total. The Morgan fingerprint density at radius 1 is 1.26 bits per heavy atom. The van der Waals surface area contributed by atoms with Crippen LogP contribution >= 0.6 is 11.6 Å². The topological polar surface area (TPSA) is 80.5 Å². The number of likely N-dealkylation sites (N-methyl/N-ethyl adjacent to an activating group) is 1. The van der Waals surface area contributed by atoms with Gasteiger partial charge in [0.15, 0.2) is 10.7 Å². The molecule has 2 rings (SSSR count). The van der Waals surface area contributed by atoms with E-state index in [9.17, 15) is 13.2 Å². The predicted octanol–water partition coefficient (Wildman–Crippen LogP) is 2.81. The maximum absolute atomic E-state index is 12.5. The van der Waals surface area contributed by atoms with Crippen molar-refractivity contribution < 1.29 is 17.7 Å². The number of hydrogen-bond acceptors (Lipinski definition) is 5. The summed E-state index contributed by atoms with van der Waals surface area (Å²) in [5.41, 5.74) is 0.940. The van der Waals surface area contributed by atoms with Crippen LogP contribution in [0, 0.1) is 13.8 Å². The summed E-state index contributed by atoms with van der Waals surface area (Å²) in [5, 5.41) is 4.18. The van der Waals surface area contributed by atoms with E-state index in [-0.39, 0.29) is 16.3 Å². The number of carbonyl (C=O) groups is 1. The summed E-state index contributed by atoms with van der Waals surface area (Å²) < 4.78 is 30.5. The number of halogens is 1. The third-order valence-electron chi connectivity index (χ3n) is 3.19. The highest BCUT2D eigenvalue weighted by Gasteiger charge is 2.30. The summed E-state index contributed by atoms with van der Waals surface area (Å²) in [6, 6.07) is 6.79. The van der Waals surface area contributed by atoms with Gasteiger partial charge in [0.05, 0.1) is 0 Å². The van der Waals surface area contributed by atoms with Crippen LogP contribution in [0.5, 0.6) is 0 Å². The van der Waals surface area contributed by atoms with Crippen molar-refractivity contribution in [2.24, 2.45) is 0 Å². The Labute approximate surface area is 139 Å². The van der Waals surface area contributed by atoms with Crippen LogP contribution in [0.4, 0.5) is 0 Å². The second-order valence-corrected chi connectivity index (χ2v) is 7.19. The number of aromatic nitrogens is 1. The van der Waals surface area contributed by atoms with Gasteiger partial charge in [0.25, 0.3) is 15.9 Å². The molecule has 0 atom stereocenters. The molecule has 0 N–H and O–H groups in total. The summed E-state index contributed by atoms with van der Waals surface area (Å²) in [6.45, 7) is 2.99. The van der Waals surface area contributed by atoms with Crippen LogP contribution in [0.15, 0.2) is 39.8 Å². The molecule has 0 aliphatic carbocycles. The Bertz CT molecular complexity index is 835. The van der Waals surface area contributed by atoms with Crippen LogP contribution in [0.3, 0.4) is 0 Å². The van der Waals surface area contributed by atoms with Gasteiger partial charge in [0.1, 0.15) is 5.69 Å². The molecule has 0 aliphatic rings. The quantitative estimate of drug-likeness (QED) is 0.789. The molecule has 0 aliphatic heterocycles. The SMILES string of the molecule is Cc1noc(C)c1S(=O)(=O)N(C)C(=O)/C=C/c1ccc(Cl)cc1. The van der Waals surface area contributed by atoms with Gasteiger partial charge in [0, 0.05) is 18.1 Å². The zero-order chi connectivity index (χ0) is 17.2. The molecule has 1 amide bonds. The molecule has 122 valence electrons. The average Bonchev–Trinajstić information content (AvgIpc) is 2.85. The fourth-order valence-corrected chi connectivity index (χ4v) is 3.45. The molecular formula is C15H15ClN2O4S. The van der Waals surface area contributed by atoms with E-state index in [1.54, 1.807) is 24.3 Å². The van der Waals surface area contributed by atoms with Crippen molar-refractivity contribution >= 4 is 33.6 Å². The molecular weight excluding hydrogens is 340 g/mol. The zero-order valence-corrected chi connectivity index (χ0v) is 14.4. The molecule has 8 heteroatoms. The molecule has 1 aromatic heterocycles. The molecule has 1 aromatic carbocycles. The predicted molar refractivity (Wildman–Crippen MR) is 86.4 cm³/mol. The fourth-order valence-electron chi connectivity index (χ4n) is 1.94. The molecule has 23 heavy (non-hydrogen) atoms. The summed E-state index contributed by atoms with van der Waals surface area (Å²) in [6.07, 6.45) is 2.69. The standard InChI is InChI=1S/C15H15ClN2O4S/c1-10-15(11(2)22-17-10)23(20,21)18(3)14(19)9-6-12-4-7-13(16)8-5-12/h4-9H,1-3H3/b9-6+. The maximum Gasteiger partial charge on any atom is 0.271 e. The van der Waals surface area contributed by atoms with Gasteiger partial charge in [-0.15, -0.1) is 0 Å². The first-order valence-electron chi connectivity index (χ1n) is 6.63. The lowest BCUT2D eigenvalue weighted by Gasteiger charge is -2.15. The lowest BCUT2D eigenvalue weighted by molar-refractivity contribution is -0.120. The number of nitrogens with zero attached hydrogens (tertiary/aromatic N) is 2. The number of benzene rings is 1. The third-order valence-corrected chi connectivity index (χ3v) is 5.44. The molecule has 2 aromatic rings. The van der Waals surface area contributed by atoms with E-state index in [4.69, 9.17) is 16.1 Å². The number of rotatable bonds is 4. The highest BCUT2D eigenvalue weighted by molar-refractivity contribution is 7.89. The van der Waals surface area contributed by atoms with E-state index in [0.717, 1.165) is 5.56 Å². The Morgan fingerprint density at radius 3 is 2.39 bits per heavy atom. The highest BCUT2D eigenvalue weighted by atomic mass is 35.5. The minimum Gasteiger partial charge on any atom is -0.360 e. The minimum absolute atomic E-state index is 0.0896. The van der Waals surface area contributed by atoms with Crippen molar-refractivity contribution in [3.63, 3.8) is 0 Å². The van der Waals surface area contributed by atoms with Crippen molar-refractivity contribution in [1.29, 1.82) is 0 Å². The van der Waals surface area contributed by atoms with Crippen LogP contribution in [0.2, 0.25) is 5.02 Å². The number of carbonyl (C=O) groups excluding carboxylic acids is 1.